The van der Waals surface area contributed by atoms with Crippen LogP contribution in [0.4, 0.5) is 0 Å². The van der Waals surface area contributed by atoms with E-state index in [9.17, 15) is 9.59 Å². The van der Waals surface area contributed by atoms with Gasteiger partial charge in [0.2, 0.25) is 0 Å². The maximum absolute atomic E-state index is 12.7. The Balaban J connectivity index is 1.60. The molecule has 7 heteroatoms. The fourth-order valence-electron chi connectivity index (χ4n) is 3.23. The summed E-state index contributed by atoms with van der Waals surface area (Å²) in [6, 6.07) is 16.9. The summed E-state index contributed by atoms with van der Waals surface area (Å²) in [5.41, 5.74) is 2.62. The summed E-state index contributed by atoms with van der Waals surface area (Å²) in [7, 11) is 1.61. The molecule has 0 saturated carbocycles. The molecule has 0 aliphatic rings. The highest BCUT2D eigenvalue weighted by molar-refractivity contribution is 5.95. The van der Waals surface area contributed by atoms with Crippen LogP contribution in [0.15, 0.2) is 65.6 Å². The molecule has 0 fully saturated rings. The molecule has 1 amide bonds. The van der Waals surface area contributed by atoms with Gasteiger partial charge in [0.05, 0.1) is 40.8 Å². The number of hydrogen-bond donors (Lipinski definition) is 1. The number of amides is 1. The summed E-state index contributed by atoms with van der Waals surface area (Å²) in [5.74, 6) is -0.237. The molecule has 4 aromatic rings. The molecule has 4 rings (SSSR count). The van der Waals surface area contributed by atoms with E-state index in [0.29, 0.717) is 16.6 Å². The lowest BCUT2D eigenvalue weighted by atomic mass is 10.1. The molecule has 2 heterocycles. The zero-order valence-electron chi connectivity index (χ0n) is 15.6. The number of nitrogens with one attached hydrogen (secondary N) is 1. The minimum absolute atomic E-state index is 0.161. The SMILES string of the molecule is Cc1c(C(=O)NCc2nn(C)c(=O)c3ccccc23)cnn1-c1ccccc1. The lowest BCUT2D eigenvalue weighted by Crippen LogP contribution is -2.27. The van der Waals surface area contributed by atoms with Crippen molar-refractivity contribution in [2.24, 2.45) is 7.05 Å². The highest BCUT2D eigenvalue weighted by Crippen LogP contribution is 2.15. The number of carbonyl (C=O) groups is 1. The van der Waals surface area contributed by atoms with Gasteiger partial charge in [0.1, 0.15) is 0 Å². The van der Waals surface area contributed by atoms with Crippen LogP contribution in [0.25, 0.3) is 16.5 Å². The molecule has 7 nitrogen and oxygen atoms in total. The number of rotatable bonds is 4. The Morgan fingerprint density at radius 1 is 1.04 bits per heavy atom. The maximum Gasteiger partial charge on any atom is 0.274 e. The van der Waals surface area contributed by atoms with Gasteiger partial charge in [-0.3, -0.25) is 9.59 Å². The number of nitrogens with zero attached hydrogens (tertiary/aromatic N) is 4. The van der Waals surface area contributed by atoms with Gasteiger partial charge in [0.25, 0.3) is 11.5 Å². The number of benzene rings is 2. The average Bonchev–Trinajstić information content (AvgIpc) is 3.11. The highest BCUT2D eigenvalue weighted by Gasteiger charge is 2.16. The van der Waals surface area contributed by atoms with Crippen LogP contribution in [0.1, 0.15) is 21.7 Å². The first-order valence-electron chi connectivity index (χ1n) is 8.89. The van der Waals surface area contributed by atoms with E-state index >= 15 is 0 Å². The topological polar surface area (TPSA) is 81.8 Å². The molecule has 2 aromatic carbocycles. The van der Waals surface area contributed by atoms with Crippen molar-refractivity contribution in [2.75, 3.05) is 0 Å². The van der Waals surface area contributed by atoms with Gasteiger partial charge >= 0.3 is 0 Å². The molecular formula is C21H19N5O2. The van der Waals surface area contributed by atoms with E-state index in [1.165, 1.54) is 4.68 Å². The molecule has 28 heavy (non-hydrogen) atoms. The van der Waals surface area contributed by atoms with Crippen LogP contribution in [-0.4, -0.2) is 25.5 Å². The van der Waals surface area contributed by atoms with Crippen LogP contribution in [0, 0.1) is 6.92 Å². The first kappa shape index (κ1) is 17.7. The van der Waals surface area contributed by atoms with Crippen LogP contribution >= 0.6 is 0 Å². The number of carbonyl (C=O) groups excluding carboxylic acids is 1. The Kier molecular flexibility index (Phi) is 4.49. The Bertz CT molecular complexity index is 1220. The van der Waals surface area contributed by atoms with Gasteiger partial charge in [0.15, 0.2) is 0 Å². The molecule has 0 atom stereocenters. The monoisotopic (exact) mass is 373 g/mol. The molecule has 0 saturated heterocycles. The molecule has 140 valence electrons. The van der Waals surface area contributed by atoms with Crippen molar-refractivity contribution in [3.63, 3.8) is 0 Å². The van der Waals surface area contributed by atoms with E-state index in [1.54, 1.807) is 24.0 Å². The number of aryl methyl sites for hydroxylation is 1. The smallest absolute Gasteiger partial charge is 0.274 e. The second-order valence-electron chi connectivity index (χ2n) is 6.49. The normalized spacial score (nSPS) is 10.9. The van der Waals surface area contributed by atoms with Crippen LogP contribution in [-0.2, 0) is 13.6 Å². The third-order valence-corrected chi connectivity index (χ3v) is 4.70. The summed E-state index contributed by atoms with van der Waals surface area (Å²) in [6.07, 6.45) is 1.56. The zero-order valence-corrected chi connectivity index (χ0v) is 15.6. The number of fused-ring (bicyclic) bond motifs is 1. The van der Waals surface area contributed by atoms with E-state index in [2.05, 4.69) is 15.5 Å². The van der Waals surface area contributed by atoms with E-state index < -0.39 is 0 Å². The third kappa shape index (κ3) is 3.07. The molecule has 0 bridgehead atoms. The molecule has 0 aliphatic carbocycles. The van der Waals surface area contributed by atoms with E-state index in [-0.39, 0.29) is 18.0 Å². The lowest BCUT2D eigenvalue weighted by Gasteiger charge is -2.09. The van der Waals surface area contributed by atoms with Crippen LogP contribution in [0.2, 0.25) is 0 Å². The predicted octanol–water partition coefficient (Wildman–Crippen LogP) is 2.36. The fraction of sp³-hybridized carbons (Fsp3) is 0.143. The summed E-state index contributed by atoms with van der Waals surface area (Å²) in [6.45, 7) is 2.07. The lowest BCUT2D eigenvalue weighted by molar-refractivity contribution is 0.0949. The number of para-hydroxylation sites is 1. The largest absolute Gasteiger partial charge is 0.346 e. The Labute approximate surface area is 161 Å². The van der Waals surface area contributed by atoms with Gasteiger partial charge in [-0.2, -0.15) is 10.2 Å². The second-order valence-corrected chi connectivity index (χ2v) is 6.49. The van der Waals surface area contributed by atoms with Gasteiger partial charge < -0.3 is 5.32 Å². The molecule has 2 aromatic heterocycles. The summed E-state index contributed by atoms with van der Waals surface area (Å²) in [4.78, 5) is 24.9. The molecular weight excluding hydrogens is 354 g/mol. The molecule has 0 spiro atoms. The predicted molar refractivity (Wildman–Crippen MR) is 106 cm³/mol. The molecule has 1 N–H and O–H groups in total. The Hall–Kier alpha value is -3.74. The van der Waals surface area contributed by atoms with Crippen LogP contribution < -0.4 is 10.9 Å². The van der Waals surface area contributed by atoms with Crippen molar-refractivity contribution in [3.05, 3.63) is 88.1 Å². The summed E-state index contributed by atoms with van der Waals surface area (Å²) < 4.78 is 3.03. The van der Waals surface area contributed by atoms with Crippen molar-refractivity contribution >= 4 is 16.7 Å². The second kappa shape index (κ2) is 7.11. The minimum atomic E-state index is -0.237. The van der Waals surface area contributed by atoms with Crippen LogP contribution in [0.5, 0.6) is 0 Å². The van der Waals surface area contributed by atoms with Crippen molar-refractivity contribution in [1.29, 1.82) is 0 Å². The van der Waals surface area contributed by atoms with Gasteiger partial charge in [0, 0.05) is 12.4 Å². The molecule has 0 aliphatic heterocycles. The third-order valence-electron chi connectivity index (χ3n) is 4.70. The van der Waals surface area contributed by atoms with Crippen LogP contribution in [0.3, 0.4) is 0 Å². The van der Waals surface area contributed by atoms with Gasteiger partial charge in [-0.25, -0.2) is 9.36 Å². The fourth-order valence-corrected chi connectivity index (χ4v) is 3.23. The molecule has 0 unspecified atom stereocenters. The Morgan fingerprint density at radius 2 is 1.71 bits per heavy atom. The number of aromatic nitrogens is 4. The molecule has 0 radical (unpaired) electrons. The maximum atomic E-state index is 12.7. The quantitative estimate of drug-likeness (QED) is 0.595. The van der Waals surface area contributed by atoms with Gasteiger partial charge in [-0.1, -0.05) is 36.4 Å². The van der Waals surface area contributed by atoms with Crippen molar-refractivity contribution in [2.45, 2.75) is 13.5 Å². The first-order chi connectivity index (χ1) is 13.6. The minimum Gasteiger partial charge on any atom is -0.346 e. The highest BCUT2D eigenvalue weighted by atomic mass is 16.1. The van der Waals surface area contributed by atoms with Gasteiger partial charge in [-0.15, -0.1) is 0 Å². The van der Waals surface area contributed by atoms with Crippen molar-refractivity contribution in [3.8, 4) is 5.69 Å². The van der Waals surface area contributed by atoms with E-state index in [1.807, 2.05) is 55.5 Å². The first-order valence-corrected chi connectivity index (χ1v) is 8.89. The summed E-state index contributed by atoms with van der Waals surface area (Å²) in [5, 5.41) is 12.9. The number of hydrogen-bond acceptors (Lipinski definition) is 4. The van der Waals surface area contributed by atoms with Crippen molar-refractivity contribution < 1.29 is 4.79 Å². The van der Waals surface area contributed by atoms with Crippen molar-refractivity contribution in [1.82, 2.24) is 24.9 Å². The average molecular weight is 373 g/mol. The Morgan fingerprint density at radius 3 is 2.46 bits per heavy atom. The standard InChI is InChI=1S/C21H19N5O2/c1-14-18(12-23-26(14)15-8-4-3-5-9-15)20(27)22-13-19-16-10-6-7-11-17(16)21(28)25(2)24-19/h3-12H,13H2,1-2H3,(H,22,27). The van der Waals surface area contributed by atoms with E-state index in [4.69, 9.17) is 0 Å². The summed E-state index contributed by atoms with van der Waals surface area (Å²) >= 11 is 0. The zero-order chi connectivity index (χ0) is 19.7. The van der Waals surface area contributed by atoms with E-state index in [0.717, 1.165) is 16.8 Å². The van der Waals surface area contributed by atoms with Gasteiger partial charge in [-0.05, 0) is 25.1 Å².